The van der Waals surface area contributed by atoms with E-state index in [9.17, 15) is 38.9 Å². The topological polar surface area (TPSA) is 206 Å². The van der Waals surface area contributed by atoms with Crippen LogP contribution in [0.5, 0.6) is 11.5 Å². The van der Waals surface area contributed by atoms with Crippen molar-refractivity contribution in [3.63, 3.8) is 0 Å². The highest BCUT2D eigenvalue weighted by atomic mass is 32.2. The summed E-state index contributed by atoms with van der Waals surface area (Å²) in [5.74, 6) is -1.40. The van der Waals surface area contributed by atoms with Gasteiger partial charge in [-0.2, -0.15) is 8.42 Å². The molecular weight excluding hydrogens is 424 g/mol. The minimum absolute atomic E-state index is 0.146. The Bertz CT molecular complexity index is 1350. The molecule has 0 aliphatic carbocycles. The molecule has 13 nitrogen and oxygen atoms in total. The summed E-state index contributed by atoms with van der Waals surface area (Å²) in [5.41, 5.74) is -2.39. The lowest BCUT2D eigenvalue weighted by atomic mass is 10.1. The van der Waals surface area contributed by atoms with Gasteiger partial charge in [-0.1, -0.05) is 6.07 Å². The number of fused-ring (bicyclic) bond motifs is 1. The van der Waals surface area contributed by atoms with Crippen molar-refractivity contribution in [2.75, 3.05) is 0 Å². The average molecular weight is 434 g/mol. The summed E-state index contributed by atoms with van der Waals surface area (Å²) >= 11 is 0. The summed E-state index contributed by atoms with van der Waals surface area (Å²) in [4.78, 5) is 19.6. The van der Waals surface area contributed by atoms with Crippen molar-refractivity contribution in [3.8, 4) is 11.5 Å². The van der Waals surface area contributed by atoms with Gasteiger partial charge in [0.05, 0.1) is 20.8 Å². The van der Waals surface area contributed by atoms with Crippen LogP contribution in [0.15, 0.2) is 57.6 Å². The number of rotatable bonds is 5. The lowest BCUT2D eigenvalue weighted by Crippen LogP contribution is -1.97. The summed E-state index contributed by atoms with van der Waals surface area (Å²) in [5, 5.41) is 49.8. The standard InChI is InChI=1S/C16H10N4O9S/c21-15-11-3-2-10(30(27,28)29)5-8(11)1-4-12(15)17-18-13-6-9(19(23)24)7-14(16(13)22)20(25)26/h1-7,21-22H,(H,27,28,29)/b18-17-. The van der Waals surface area contributed by atoms with Crippen molar-refractivity contribution in [2.45, 2.75) is 4.90 Å². The van der Waals surface area contributed by atoms with Gasteiger partial charge in [-0.15, -0.1) is 10.2 Å². The van der Waals surface area contributed by atoms with Gasteiger partial charge in [-0.25, -0.2) is 0 Å². The second-order valence-corrected chi connectivity index (χ2v) is 7.26. The highest BCUT2D eigenvalue weighted by molar-refractivity contribution is 7.85. The Labute approximate surface area is 166 Å². The molecule has 3 aromatic carbocycles. The van der Waals surface area contributed by atoms with Crippen LogP contribution < -0.4 is 0 Å². The predicted molar refractivity (Wildman–Crippen MR) is 101 cm³/mol. The summed E-state index contributed by atoms with van der Waals surface area (Å²) in [6.07, 6.45) is 0. The maximum absolute atomic E-state index is 11.2. The fourth-order valence-electron chi connectivity index (χ4n) is 2.54. The van der Waals surface area contributed by atoms with E-state index in [0.717, 1.165) is 18.2 Å². The van der Waals surface area contributed by atoms with Gasteiger partial charge in [0.2, 0.25) is 5.75 Å². The van der Waals surface area contributed by atoms with E-state index in [1.54, 1.807) is 0 Å². The lowest BCUT2D eigenvalue weighted by Gasteiger charge is -2.05. The van der Waals surface area contributed by atoms with E-state index in [1.807, 2.05) is 0 Å². The number of hydrogen-bond acceptors (Lipinski definition) is 10. The third-order valence-electron chi connectivity index (χ3n) is 3.97. The summed E-state index contributed by atoms with van der Waals surface area (Å²) in [6.45, 7) is 0. The van der Waals surface area contributed by atoms with E-state index >= 15 is 0 Å². The minimum Gasteiger partial charge on any atom is -0.505 e. The number of phenols is 2. The largest absolute Gasteiger partial charge is 0.505 e. The first-order chi connectivity index (χ1) is 14.0. The molecule has 0 amide bonds. The Morgan fingerprint density at radius 1 is 0.833 bits per heavy atom. The normalized spacial score (nSPS) is 11.8. The van der Waals surface area contributed by atoms with Crippen molar-refractivity contribution in [1.29, 1.82) is 0 Å². The molecule has 3 N–H and O–H groups in total. The van der Waals surface area contributed by atoms with Gasteiger partial charge >= 0.3 is 5.69 Å². The van der Waals surface area contributed by atoms with E-state index in [0.29, 0.717) is 6.07 Å². The SMILES string of the molecule is O=[N+]([O-])c1cc(/N=N\c2ccc3cc(S(=O)(=O)O)ccc3c2O)c(O)c([N+](=O)[O-])c1. The van der Waals surface area contributed by atoms with Crippen LogP contribution in [-0.2, 0) is 10.1 Å². The molecule has 0 atom stereocenters. The average Bonchev–Trinajstić information content (AvgIpc) is 2.67. The molecule has 14 heteroatoms. The molecule has 0 aromatic heterocycles. The van der Waals surface area contributed by atoms with Crippen molar-refractivity contribution in [3.05, 3.63) is 62.7 Å². The number of hydrogen-bond donors (Lipinski definition) is 3. The second-order valence-electron chi connectivity index (χ2n) is 5.84. The highest BCUT2D eigenvalue weighted by Gasteiger charge is 2.24. The van der Waals surface area contributed by atoms with E-state index in [4.69, 9.17) is 4.55 Å². The molecule has 0 fully saturated rings. The fraction of sp³-hybridized carbons (Fsp3) is 0. The van der Waals surface area contributed by atoms with Crippen LogP contribution in [0.3, 0.4) is 0 Å². The number of nitro benzene ring substituents is 2. The number of non-ortho nitro benzene ring substituents is 1. The Morgan fingerprint density at radius 2 is 1.50 bits per heavy atom. The summed E-state index contributed by atoms with van der Waals surface area (Å²) in [7, 11) is -4.45. The maximum atomic E-state index is 11.2. The molecule has 0 heterocycles. The number of azo groups is 1. The Morgan fingerprint density at radius 3 is 2.10 bits per heavy atom. The third-order valence-corrected chi connectivity index (χ3v) is 4.82. The number of nitro groups is 2. The van der Waals surface area contributed by atoms with Crippen molar-refractivity contribution in [1.82, 2.24) is 0 Å². The van der Waals surface area contributed by atoms with Gasteiger partial charge in [0.25, 0.3) is 15.8 Å². The zero-order valence-corrected chi connectivity index (χ0v) is 15.3. The summed E-state index contributed by atoms with van der Waals surface area (Å²) in [6, 6.07) is 7.28. The van der Waals surface area contributed by atoms with Gasteiger partial charge in [0.1, 0.15) is 11.4 Å². The Balaban J connectivity index is 2.09. The first-order valence-electron chi connectivity index (χ1n) is 7.80. The van der Waals surface area contributed by atoms with E-state index in [2.05, 4.69) is 10.2 Å². The molecule has 0 saturated carbocycles. The molecule has 0 spiro atoms. The zero-order chi connectivity index (χ0) is 22.2. The van der Waals surface area contributed by atoms with Crippen LogP contribution in [0, 0.1) is 20.2 Å². The van der Waals surface area contributed by atoms with Gasteiger partial charge in [0.15, 0.2) is 5.75 Å². The van der Waals surface area contributed by atoms with Gasteiger partial charge < -0.3 is 10.2 Å². The smallest absolute Gasteiger partial charge is 0.319 e. The molecular formula is C16H10N4O9S. The number of phenolic OH excluding ortho intramolecular Hbond substituents is 2. The molecule has 0 bridgehead atoms. The minimum atomic E-state index is -4.45. The molecule has 0 saturated heterocycles. The molecule has 30 heavy (non-hydrogen) atoms. The Hall–Kier alpha value is -4.17. The number of nitrogens with zero attached hydrogens (tertiary/aromatic N) is 4. The predicted octanol–water partition coefficient (Wildman–Crippen LogP) is 3.73. The second kappa shape index (κ2) is 7.34. The molecule has 154 valence electrons. The van der Waals surface area contributed by atoms with Crippen molar-refractivity contribution >= 4 is 43.6 Å². The van der Waals surface area contributed by atoms with Crippen LogP contribution in [0.1, 0.15) is 0 Å². The quantitative estimate of drug-likeness (QED) is 0.231. The highest BCUT2D eigenvalue weighted by Crippen LogP contribution is 2.42. The number of aromatic hydroxyl groups is 2. The van der Waals surface area contributed by atoms with Crippen molar-refractivity contribution in [2.24, 2.45) is 10.2 Å². The third kappa shape index (κ3) is 3.85. The Kier molecular flexibility index (Phi) is 5.03. The lowest BCUT2D eigenvalue weighted by molar-refractivity contribution is -0.394. The number of benzene rings is 3. The van der Waals surface area contributed by atoms with E-state index in [1.165, 1.54) is 18.2 Å². The van der Waals surface area contributed by atoms with Gasteiger partial charge in [0, 0.05) is 11.5 Å². The first kappa shape index (κ1) is 20.6. The monoisotopic (exact) mass is 434 g/mol. The van der Waals surface area contributed by atoms with Crippen LogP contribution in [0.25, 0.3) is 10.8 Å². The molecule has 0 unspecified atom stereocenters. The first-order valence-corrected chi connectivity index (χ1v) is 9.24. The summed E-state index contributed by atoms with van der Waals surface area (Å²) < 4.78 is 31.5. The molecule has 3 aromatic rings. The molecule has 0 aliphatic heterocycles. The van der Waals surface area contributed by atoms with Crippen molar-refractivity contribution < 1.29 is 33.0 Å². The van der Waals surface area contributed by atoms with Gasteiger partial charge in [-0.3, -0.25) is 24.8 Å². The molecule has 3 rings (SSSR count). The fourth-order valence-corrected chi connectivity index (χ4v) is 3.06. The molecule has 0 aliphatic rings. The van der Waals surface area contributed by atoms with E-state index < -0.39 is 53.4 Å². The zero-order valence-electron chi connectivity index (χ0n) is 14.5. The van der Waals surface area contributed by atoms with Gasteiger partial charge in [-0.05, 0) is 29.7 Å². The maximum Gasteiger partial charge on any atom is 0.319 e. The van der Waals surface area contributed by atoms with E-state index in [-0.39, 0.29) is 16.5 Å². The van der Waals surface area contributed by atoms with Crippen LogP contribution in [0.4, 0.5) is 22.7 Å². The van der Waals surface area contributed by atoms with Crippen LogP contribution >= 0.6 is 0 Å². The molecule has 0 radical (unpaired) electrons. The van der Waals surface area contributed by atoms with Crippen LogP contribution in [0.2, 0.25) is 0 Å². The van der Waals surface area contributed by atoms with Crippen LogP contribution in [-0.4, -0.2) is 33.0 Å².